The highest BCUT2D eigenvalue weighted by Gasteiger charge is 2.23. The van der Waals surface area contributed by atoms with Gasteiger partial charge in [-0.1, -0.05) is 17.8 Å². The van der Waals surface area contributed by atoms with Crippen molar-refractivity contribution in [1.29, 1.82) is 0 Å². The molecule has 1 aromatic carbocycles. The summed E-state index contributed by atoms with van der Waals surface area (Å²) in [7, 11) is 0. The number of aromatic nitrogens is 3. The SMILES string of the molecule is C=CCn1c(C)nnc1SC(C)C(=O)c1cc(F)ccc1F. The molecule has 1 atom stereocenters. The fourth-order valence-electron chi connectivity index (χ4n) is 1.90. The van der Waals surface area contributed by atoms with Crippen LogP contribution in [0, 0.1) is 18.6 Å². The number of aryl methyl sites for hydroxylation is 1. The Morgan fingerprint density at radius 1 is 1.45 bits per heavy atom. The predicted molar refractivity (Wildman–Crippen MR) is 81.0 cm³/mol. The Bertz CT molecular complexity index is 715. The molecule has 0 spiro atoms. The lowest BCUT2D eigenvalue weighted by atomic mass is 10.1. The van der Waals surface area contributed by atoms with Gasteiger partial charge in [0.15, 0.2) is 10.9 Å². The van der Waals surface area contributed by atoms with Gasteiger partial charge >= 0.3 is 0 Å². The minimum Gasteiger partial charge on any atom is -0.302 e. The second kappa shape index (κ2) is 6.83. The maximum atomic E-state index is 13.7. The van der Waals surface area contributed by atoms with Crippen molar-refractivity contribution in [3.8, 4) is 0 Å². The minimum absolute atomic E-state index is 0.258. The Balaban J connectivity index is 2.22. The maximum absolute atomic E-state index is 13.7. The Morgan fingerprint density at radius 3 is 2.86 bits per heavy atom. The van der Waals surface area contributed by atoms with E-state index in [2.05, 4.69) is 16.8 Å². The normalized spacial score (nSPS) is 12.2. The Labute approximate surface area is 131 Å². The van der Waals surface area contributed by atoms with Crippen LogP contribution >= 0.6 is 11.8 Å². The Hall–Kier alpha value is -2.02. The molecule has 7 heteroatoms. The topological polar surface area (TPSA) is 47.8 Å². The fraction of sp³-hybridized carbons (Fsp3) is 0.267. The average molecular weight is 323 g/mol. The molecule has 0 aliphatic rings. The first-order valence-electron chi connectivity index (χ1n) is 6.60. The zero-order chi connectivity index (χ0) is 16.3. The molecule has 0 amide bonds. The standard InChI is InChI=1S/C15H15F2N3OS/c1-4-7-20-10(3)18-19-15(20)22-9(2)14(21)12-8-11(16)5-6-13(12)17/h4-6,8-9H,1,7H2,2-3H3. The summed E-state index contributed by atoms with van der Waals surface area (Å²) in [6, 6.07) is 2.84. The van der Waals surface area contributed by atoms with Crippen molar-refractivity contribution in [2.45, 2.75) is 30.8 Å². The number of rotatable bonds is 6. The Morgan fingerprint density at radius 2 is 2.18 bits per heavy atom. The van der Waals surface area contributed by atoms with Gasteiger partial charge < -0.3 is 4.57 Å². The van der Waals surface area contributed by atoms with E-state index in [0.29, 0.717) is 17.5 Å². The second-order valence-corrected chi connectivity index (χ2v) is 5.99. The lowest BCUT2D eigenvalue weighted by Gasteiger charge is -2.11. The van der Waals surface area contributed by atoms with E-state index in [0.717, 1.165) is 30.0 Å². The van der Waals surface area contributed by atoms with Crippen molar-refractivity contribution in [3.05, 3.63) is 53.9 Å². The van der Waals surface area contributed by atoms with Crippen LogP contribution < -0.4 is 0 Å². The van der Waals surface area contributed by atoms with Crippen molar-refractivity contribution in [3.63, 3.8) is 0 Å². The van der Waals surface area contributed by atoms with Crippen molar-refractivity contribution in [1.82, 2.24) is 14.8 Å². The zero-order valence-corrected chi connectivity index (χ0v) is 13.0. The predicted octanol–water partition coefficient (Wildman–Crippen LogP) is 3.41. The van der Waals surface area contributed by atoms with Crippen molar-refractivity contribution >= 4 is 17.5 Å². The molecule has 0 radical (unpaired) electrons. The number of Topliss-reactive ketones (excluding diaryl/α,β-unsaturated/α-hetero) is 1. The van der Waals surface area contributed by atoms with Crippen molar-refractivity contribution in [2.24, 2.45) is 0 Å². The molecular formula is C15H15F2N3OS. The summed E-state index contributed by atoms with van der Waals surface area (Å²) in [5, 5.41) is 7.86. The van der Waals surface area contributed by atoms with E-state index in [1.165, 1.54) is 0 Å². The summed E-state index contributed by atoms with van der Waals surface area (Å²) in [6.45, 7) is 7.58. The van der Waals surface area contributed by atoms with E-state index in [-0.39, 0.29) is 5.56 Å². The van der Waals surface area contributed by atoms with Gasteiger partial charge in [-0.25, -0.2) is 8.78 Å². The van der Waals surface area contributed by atoms with Gasteiger partial charge in [-0.3, -0.25) is 4.79 Å². The van der Waals surface area contributed by atoms with Crippen LogP contribution in [0.5, 0.6) is 0 Å². The van der Waals surface area contributed by atoms with E-state index in [1.807, 2.05) is 0 Å². The second-order valence-electron chi connectivity index (χ2n) is 4.68. The first kappa shape index (κ1) is 16.4. The molecule has 22 heavy (non-hydrogen) atoms. The molecule has 0 saturated heterocycles. The van der Waals surface area contributed by atoms with E-state index in [1.54, 1.807) is 24.5 Å². The lowest BCUT2D eigenvalue weighted by Crippen LogP contribution is -2.16. The highest BCUT2D eigenvalue weighted by molar-refractivity contribution is 8.00. The van der Waals surface area contributed by atoms with Gasteiger partial charge in [-0.05, 0) is 32.0 Å². The monoisotopic (exact) mass is 323 g/mol. The van der Waals surface area contributed by atoms with Crippen LogP contribution in [0.2, 0.25) is 0 Å². The molecular weight excluding hydrogens is 308 g/mol. The minimum atomic E-state index is -0.734. The van der Waals surface area contributed by atoms with Crippen LogP contribution in [0.15, 0.2) is 36.0 Å². The lowest BCUT2D eigenvalue weighted by molar-refractivity contribution is 0.0989. The smallest absolute Gasteiger partial charge is 0.192 e. The number of hydrogen-bond acceptors (Lipinski definition) is 4. The van der Waals surface area contributed by atoms with Gasteiger partial charge in [-0.2, -0.15) is 0 Å². The number of halogens is 2. The molecule has 1 heterocycles. The number of hydrogen-bond donors (Lipinski definition) is 0. The molecule has 0 saturated carbocycles. The van der Waals surface area contributed by atoms with Crippen LogP contribution in [0.4, 0.5) is 8.78 Å². The molecule has 2 aromatic rings. The molecule has 0 bridgehead atoms. The highest BCUT2D eigenvalue weighted by Crippen LogP contribution is 2.26. The molecule has 116 valence electrons. The molecule has 0 aliphatic carbocycles. The molecule has 0 fully saturated rings. The Kier molecular flexibility index (Phi) is 5.07. The number of nitrogens with zero attached hydrogens (tertiary/aromatic N) is 3. The summed E-state index contributed by atoms with van der Waals surface area (Å²) in [5.41, 5.74) is -0.258. The van der Waals surface area contributed by atoms with E-state index < -0.39 is 22.7 Å². The van der Waals surface area contributed by atoms with Gasteiger partial charge in [0.2, 0.25) is 0 Å². The summed E-state index contributed by atoms with van der Waals surface area (Å²) < 4.78 is 28.7. The van der Waals surface area contributed by atoms with Crippen molar-refractivity contribution < 1.29 is 13.6 Å². The number of thioether (sulfide) groups is 1. The van der Waals surface area contributed by atoms with Crippen LogP contribution in [0.3, 0.4) is 0 Å². The first-order chi connectivity index (χ1) is 10.4. The highest BCUT2D eigenvalue weighted by atomic mass is 32.2. The number of ketones is 1. The van der Waals surface area contributed by atoms with Gasteiger partial charge in [-0.15, -0.1) is 16.8 Å². The third-order valence-electron chi connectivity index (χ3n) is 3.06. The maximum Gasteiger partial charge on any atom is 0.192 e. The molecule has 2 rings (SSSR count). The zero-order valence-electron chi connectivity index (χ0n) is 12.2. The van der Waals surface area contributed by atoms with E-state index in [4.69, 9.17) is 0 Å². The number of benzene rings is 1. The van der Waals surface area contributed by atoms with E-state index >= 15 is 0 Å². The molecule has 0 N–H and O–H groups in total. The van der Waals surface area contributed by atoms with Gasteiger partial charge in [0.25, 0.3) is 0 Å². The average Bonchev–Trinajstić information content (AvgIpc) is 2.82. The largest absolute Gasteiger partial charge is 0.302 e. The number of allylic oxidation sites excluding steroid dienone is 1. The van der Waals surface area contributed by atoms with Gasteiger partial charge in [0, 0.05) is 6.54 Å². The molecule has 1 unspecified atom stereocenters. The van der Waals surface area contributed by atoms with Gasteiger partial charge in [0.05, 0.1) is 10.8 Å². The molecule has 0 aliphatic heterocycles. The van der Waals surface area contributed by atoms with Crippen LogP contribution in [-0.4, -0.2) is 25.8 Å². The number of carbonyl (C=O) groups is 1. The van der Waals surface area contributed by atoms with Gasteiger partial charge in [0.1, 0.15) is 17.5 Å². The molecule has 4 nitrogen and oxygen atoms in total. The van der Waals surface area contributed by atoms with Crippen molar-refractivity contribution in [2.75, 3.05) is 0 Å². The third-order valence-corrected chi connectivity index (χ3v) is 4.14. The van der Waals surface area contributed by atoms with Crippen LogP contribution in [0.1, 0.15) is 23.1 Å². The fourth-order valence-corrected chi connectivity index (χ4v) is 2.88. The molecule has 1 aromatic heterocycles. The quantitative estimate of drug-likeness (QED) is 0.464. The third kappa shape index (κ3) is 3.41. The summed E-state index contributed by atoms with van der Waals surface area (Å²) in [5.74, 6) is -1.18. The first-order valence-corrected chi connectivity index (χ1v) is 7.48. The van der Waals surface area contributed by atoms with Crippen LogP contribution in [0.25, 0.3) is 0 Å². The summed E-state index contributed by atoms with van der Waals surface area (Å²) in [4.78, 5) is 12.3. The van der Waals surface area contributed by atoms with Crippen LogP contribution in [-0.2, 0) is 6.54 Å². The van der Waals surface area contributed by atoms with E-state index in [9.17, 15) is 13.6 Å². The number of carbonyl (C=O) groups excluding carboxylic acids is 1. The summed E-state index contributed by atoms with van der Waals surface area (Å²) in [6.07, 6.45) is 1.69. The summed E-state index contributed by atoms with van der Waals surface area (Å²) >= 11 is 1.15.